The Hall–Kier alpha value is -1.91. The highest BCUT2D eigenvalue weighted by molar-refractivity contribution is 5.94. The average molecular weight is 276 g/mol. The van der Waals surface area contributed by atoms with Crippen molar-refractivity contribution in [3.05, 3.63) is 35.1 Å². The molecule has 0 spiro atoms. The third kappa shape index (κ3) is 2.17. The Morgan fingerprint density at radius 2 is 2.15 bits per heavy atom. The van der Waals surface area contributed by atoms with E-state index in [0.29, 0.717) is 37.2 Å². The fraction of sp³-hybridized carbons (Fsp3) is 0.467. The standard InChI is InChI=1S/C15H17FN2O2/c1-10-8-11(2-4-13(10)16)15(20)17-6-7-18-12(9-17)3-5-14(18)19/h2,4,8,12H,3,5-7,9H2,1H3. The van der Waals surface area contributed by atoms with Crippen LogP contribution in [0.4, 0.5) is 4.39 Å². The van der Waals surface area contributed by atoms with Gasteiger partial charge in [-0.3, -0.25) is 9.59 Å². The number of rotatable bonds is 1. The summed E-state index contributed by atoms with van der Waals surface area (Å²) < 4.78 is 13.3. The zero-order chi connectivity index (χ0) is 14.3. The summed E-state index contributed by atoms with van der Waals surface area (Å²) in [6.45, 7) is 3.40. The smallest absolute Gasteiger partial charge is 0.253 e. The van der Waals surface area contributed by atoms with Crippen molar-refractivity contribution < 1.29 is 14.0 Å². The minimum Gasteiger partial charge on any atom is -0.336 e. The molecule has 3 rings (SSSR count). The van der Waals surface area contributed by atoms with Crippen LogP contribution in [0.2, 0.25) is 0 Å². The number of aryl methyl sites for hydroxylation is 1. The predicted molar refractivity (Wildman–Crippen MR) is 71.8 cm³/mol. The summed E-state index contributed by atoms with van der Waals surface area (Å²) in [5.41, 5.74) is 0.993. The quantitative estimate of drug-likeness (QED) is 0.781. The van der Waals surface area contributed by atoms with E-state index in [1.54, 1.807) is 17.9 Å². The maximum atomic E-state index is 13.3. The number of hydrogen-bond acceptors (Lipinski definition) is 2. The summed E-state index contributed by atoms with van der Waals surface area (Å²) in [7, 11) is 0. The minimum absolute atomic E-state index is 0.0768. The predicted octanol–water partition coefficient (Wildman–Crippen LogP) is 1.58. The highest BCUT2D eigenvalue weighted by atomic mass is 19.1. The van der Waals surface area contributed by atoms with E-state index in [0.717, 1.165) is 6.42 Å². The van der Waals surface area contributed by atoms with Gasteiger partial charge in [-0.25, -0.2) is 4.39 Å². The topological polar surface area (TPSA) is 40.6 Å². The molecular weight excluding hydrogens is 259 g/mol. The molecule has 1 aromatic carbocycles. The first kappa shape index (κ1) is 13.1. The summed E-state index contributed by atoms with van der Waals surface area (Å²) in [4.78, 5) is 27.7. The van der Waals surface area contributed by atoms with E-state index in [1.165, 1.54) is 12.1 Å². The van der Waals surface area contributed by atoms with Gasteiger partial charge in [-0.05, 0) is 37.1 Å². The number of halogens is 1. The molecule has 4 nitrogen and oxygen atoms in total. The summed E-state index contributed by atoms with van der Waals surface area (Å²) >= 11 is 0. The third-order valence-electron chi connectivity index (χ3n) is 4.19. The summed E-state index contributed by atoms with van der Waals surface area (Å²) in [6, 6.07) is 4.60. The molecule has 0 aromatic heterocycles. The van der Waals surface area contributed by atoms with Crippen molar-refractivity contribution in [1.82, 2.24) is 9.80 Å². The zero-order valence-corrected chi connectivity index (χ0v) is 11.4. The molecule has 1 unspecified atom stereocenters. The normalized spacial score (nSPS) is 22.1. The molecule has 1 atom stereocenters. The first-order valence-electron chi connectivity index (χ1n) is 6.91. The van der Waals surface area contributed by atoms with Gasteiger partial charge in [0, 0.05) is 37.7 Å². The highest BCUT2D eigenvalue weighted by Crippen LogP contribution is 2.24. The lowest BCUT2D eigenvalue weighted by molar-refractivity contribution is -0.130. The van der Waals surface area contributed by atoms with Crippen molar-refractivity contribution in [2.45, 2.75) is 25.8 Å². The van der Waals surface area contributed by atoms with Crippen LogP contribution in [0.25, 0.3) is 0 Å². The number of carbonyl (C=O) groups excluding carboxylic acids is 2. The lowest BCUT2D eigenvalue weighted by Crippen LogP contribution is -2.53. The van der Waals surface area contributed by atoms with E-state index in [-0.39, 0.29) is 23.7 Å². The number of hydrogen-bond donors (Lipinski definition) is 0. The molecule has 2 heterocycles. The van der Waals surface area contributed by atoms with Gasteiger partial charge in [0.1, 0.15) is 5.82 Å². The molecule has 0 saturated carbocycles. The van der Waals surface area contributed by atoms with Crippen LogP contribution in [0, 0.1) is 12.7 Å². The van der Waals surface area contributed by atoms with Gasteiger partial charge in [0.05, 0.1) is 0 Å². The van der Waals surface area contributed by atoms with Gasteiger partial charge >= 0.3 is 0 Å². The molecule has 106 valence electrons. The molecule has 2 saturated heterocycles. The molecule has 0 aliphatic carbocycles. The Balaban J connectivity index is 1.75. The fourth-order valence-electron chi connectivity index (χ4n) is 3.01. The van der Waals surface area contributed by atoms with Crippen LogP contribution in [-0.4, -0.2) is 47.3 Å². The summed E-state index contributed by atoms with van der Waals surface area (Å²) in [5, 5.41) is 0. The van der Waals surface area contributed by atoms with Gasteiger partial charge < -0.3 is 9.80 Å². The zero-order valence-electron chi connectivity index (χ0n) is 11.4. The Kier molecular flexibility index (Phi) is 3.20. The highest BCUT2D eigenvalue weighted by Gasteiger charge is 2.37. The van der Waals surface area contributed by atoms with E-state index in [9.17, 15) is 14.0 Å². The van der Waals surface area contributed by atoms with Crippen molar-refractivity contribution in [2.24, 2.45) is 0 Å². The minimum atomic E-state index is -0.298. The van der Waals surface area contributed by atoms with Crippen molar-refractivity contribution in [3.8, 4) is 0 Å². The van der Waals surface area contributed by atoms with E-state index < -0.39 is 0 Å². The number of fused-ring (bicyclic) bond motifs is 1. The van der Waals surface area contributed by atoms with Crippen molar-refractivity contribution in [3.63, 3.8) is 0 Å². The number of benzene rings is 1. The number of carbonyl (C=O) groups is 2. The first-order chi connectivity index (χ1) is 9.56. The third-order valence-corrected chi connectivity index (χ3v) is 4.19. The molecule has 2 amide bonds. The second-order valence-electron chi connectivity index (χ2n) is 5.49. The Morgan fingerprint density at radius 1 is 1.35 bits per heavy atom. The van der Waals surface area contributed by atoms with Crippen LogP contribution >= 0.6 is 0 Å². The van der Waals surface area contributed by atoms with Gasteiger partial charge in [-0.15, -0.1) is 0 Å². The molecular formula is C15H17FN2O2. The molecule has 0 bridgehead atoms. The van der Waals surface area contributed by atoms with Crippen molar-refractivity contribution in [2.75, 3.05) is 19.6 Å². The summed E-state index contributed by atoms with van der Waals surface area (Å²) in [6.07, 6.45) is 1.41. The molecule has 20 heavy (non-hydrogen) atoms. The van der Waals surface area contributed by atoms with E-state index >= 15 is 0 Å². The van der Waals surface area contributed by atoms with Crippen molar-refractivity contribution >= 4 is 11.8 Å². The van der Waals surface area contributed by atoms with Gasteiger partial charge in [-0.1, -0.05) is 0 Å². The van der Waals surface area contributed by atoms with Crippen LogP contribution in [0.5, 0.6) is 0 Å². The van der Waals surface area contributed by atoms with Crippen LogP contribution in [0.1, 0.15) is 28.8 Å². The molecule has 1 aromatic rings. The monoisotopic (exact) mass is 276 g/mol. The van der Waals surface area contributed by atoms with E-state index in [1.807, 2.05) is 4.90 Å². The summed E-state index contributed by atoms with van der Waals surface area (Å²) in [5.74, 6) is -0.181. The van der Waals surface area contributed by atoms with Gasteiger partial charge in [-0.2, -0.15) is 0 Å². The molecule has 5 heteroatoms. The maximum absolute atomic E-state index is 13.3. The van der Waals surface area contributed by atoms with Crippen LogP contribution < -0.4 is 0 Å². The molecule has 0 N–H and O–H groups in total. The number of nitrogens with zero attached hydrogens (tertiary/aromatic N) is 2. The number of amides is 2. The number of piperazine rings is 1. The molecule has 2 aliphatic heterocycles. The van der Waals surface area contributed by atoms with Crippen LogP contribution in [0.3, 0.4) is 0 Å². The molecule has 2 aliphatic rings. The van der Waals surface area contributed by atoms with Crippen LogP contribution in [0.15, 0.2) is 18.2 Å². The first-order valence-corrected chi connectivity index (χ1v) is 6.91. The lowest BCUT2D eigenvalue weighted by Gasteiger charge is -2.37. The van der Waals surface area contributed by atoms with Gasteiger partial charge in [0.15, 0.2) is 0 Å². The van der Waals surface area contributed by atoms with Crippen LogP contribution in [-0.2, 0) is 4.79 Å². The Bertz CT molecular complexity index is 573. The second kappa shape index (κ2) is 4.89. The van der Waals surface area contributed by atoms with Crippen molar-refractivity contribution in [1.29, 1.82) is 0 Å². The van der Waals surface area contributed by atoms with Gasteiger partial charge in [0.2, 0.25) is 5.91 Å². The van der Waals surface area contributed by atoms with E-state index in [2.05, 4.69) is 0 Å². The second-order valence-corrected chi connectivity index (χ2v) is 5.49. The molecule has 0 radical (unpaired) electrons. The largest absolute Gasteiger partial charge is 0.336 e. The fourth-order valence-corrected chi connectivity index (χ4v) is 3.01. The molecule has 2 fully saturated rings. The Labute approximate surface area is 117 Å². The SMILES string of the molecule is Cc1cc(C(=O)N2CCN3C(=O)CCC3C2)ccc1F. The Morgan fingerprint density at radius 3 is 2.90 bits per heavy atom. The van der Waals surface area contributed by atoms with Gasteiger partial charge in [0.25, 0.3) is 5.91 Å². The lowest BCUT2D eigenvalue weighted by atomic mass is 10.1. The average Bonchev–Trinajstić information content (AvgIpc) is 2.82. The maximum Gasteiger partial charge on any atom is 0.253 e. The van der Waals surface area contributed by atoms with E-state index in [4.69, 9.17) is 0 Å².